The lowest BCUT2D eigenvalue weighted by Crippen LogP contribution is -2.32. The normalized spacial score (nSPS) is 16.7. The zero-order valence-electron chi connectivity index (χ0n) is 15.9. The minimum absolute atomic E-state index is 0.0354. The molecule has 0 aliphatic carbocycles. The molecule has 0 spiro atoms. The van der Waals surface area contributed by atoms with Crippen LogP contribution in [0.5, 0.6) is 5.75 Å². The van der Waals surface area contributed by atoms with E-state index < -0.39 is 0 Å². The van der Waals surface area contributed by atoms with E-state index in [0.717, 1.165) is 41.5 Å². The van der Waals surface area contributed by atoms with E-state index in [1.807, 2.05) is 42.5 Å². The van der Waals surface area contributed by atoms with Crippen LogP contribution in [0.2, 0.25) is 0 Å². The standard InChI is InChI=1S/C22H24N2O4/c1-26-11-12-28-21-9-8-16(19-6-2-3-7-20(19)21)13-17(14-23)22(25)24-15-18-5-4-10-27-18/h2-3,6-9,13,18H,4-5,10-12,15H2,1H3,(H,24,25)/b17-13+/t18-/m1/s1. The van der Waals surface area contributed by atoms with E-state index in [2.05, 4.69) is 5.32 Å². The molecule has 0 saturated carbocycles. The first kappa shape index (κ1) is 19.9. The molecule has 0 aromatic heterocycles. The number of hydrogen-bond donors (Lipinski definition) is 1. The van der Waals surface area contributed by atoms with Gasteiger partial charge in [0.25, 0.3) is 5.91 Å². The summed E-state index contributed by atoms with van der Waals surface area (Å²) in [6.45, 7) is 2.10. The summed E-state index contributed by atoms with van der Waals surface area (Å²) in [6.07, 6.45) is 3.59. The molecule has 0 unspecified atom stereocenters. The summed E-state index contributed by atoms with van der Waals surface area (Å²) in [4.78, 5) is 12.4. The van der Waals surface area contributed by atoms with Gasteiger partial charge in [0, 0.05) is 25.6 Å². The van der Waals surface area contributed by atoms with Crippen LogP contribution in [0.1, 0.15) is 18.4 Å². The quantitative estimate of drug-likeness (QED) is 0.432. The fourth-order valence-corrected chi connectivity index (χ4v) is 3.19. The molecule has 1 amide bonds. The monoisotopic (exact) mass is 380 g/mol. The number of rotatable bonds is 8. The average Bonchev–Trinajstić information content (AvgIpc) is 3.25. The number of nitrogens with one attached hydrogen (secondary N) is 1. The maximum absolute atomic E-state index is 12.4. The van der Waals surface area contributed by atoms with Gasteiger partial charge in [-0.15, -0.1) is 0 Å². The van der Waals surface area contributed by atoms with Crippen molar-refractivity contribution in [2.45, 2.75) is 18.9 Å². The summed E-state index contributed by atoms with van der Waals surface area (Å²) in [6, 6.07) is 13.5. The third kappa shape index (κ3) is 4.89. The molecule has 3 rings (SSSR count). The predicted octanol–water partition coefficient (Wildman–Crippen LogP) is 3.07. The smallest absolute Gasteiger partial charge is 0.262 e. The van der Waals surface area contributed by atoms with Crippen LogP contribution in [-0.4, -0.2) is 45.5 Å². The molecule has 0 radical (unpaired) electrons. The van der Waals surface area contributed by atoms with Gasteiger partial charge in [-0.25, -0.2) is 0 Å². The zero-order valence-corrected chi connectivity index (χ0v) is 15.9. The fourth-order valence-electron chi connectivity index (χ4n) is 3.19. The van der Waals surface area contributed by atoms with Crippen LogP contribution in [0.4, 0.5) is 0 Å². The number of methoxy groups -OCH3 is 1. The van der Waals surface area contributed by atoms with E-state index in [4.69, 9.17) is 14.2 Å². The highest BCUT2D eigenvalue weighted by molar-refractivity contribution is 6.04. The second kappa shape index (κ2) is 9.88. The second-order valence-corrected chi connectivity index (χ2v) is 6.55. The van der Waals surface area contributed by atoms with Gasteiger partial charge in [0.2, 0.25) is 0 Å². The van der Waals surface area contributed by atoms with Crippen molar-refractivity contribution < 1.29 is 19.0 Å². The van der Waals surface area contributed by atoms with Gasteiger partial charge in [0.05, 0.1) is 12.7 Å². The maximum Gasteiger partial charge on any atom is 0.262 e. The molecule has 1 heterocycles. The molecule has 1 fully saturated rings. The number of carbonyl (C=O) groups excluding carboxylic acids is 1. The van der Waals surface area contributed by atoms with E-state index >= 15 is 0 Å². The van der Waals surface area contributed by atoms with Crippen molar-refractivity contribution in [3.05, 3.63) is 47.5 Å². The summed E-state index contributed by atoms with van der Waals surface area (Å²) in [5.74, 6) is 0.355. The second-order valence-electron chi connectivity index (χ2n) is 6.55. The Kier molecular flexibility index (Phi) is 7.01. The molecular weight excluding hydrogens is 356 g/mol. The molecule has 1 N–H and O–H groups in total. The van der Waals surface area contributed by atoms with E-state index in [1.165, 1.54) is 0 Å². The Morgan fingerprint density at radius 1 is 1.29 bits per heavy atom. The van der Waals surface area contributed by atoms with E-state index in [-0.39, 0.29) is 17.6 Å². The molecule has 146 valence electrons. The highest BCUT2D eigenvalue weighted by Crippen LogP contribution is 2.30. The number of nitriles is 1. The molecule has 1 aliphatic heterocycles. The Labute approximate surface area is 164 Å². The highest BCUT2D eigenvalue weighted by atomic mass is 16.5. The number of fused-ring (bicyclic) bond motifs is 1. The van der Waals surface area contributed by atoms with Crippen molar-refractivity contribution in [3.63, 3.8) is 0 Å². The molecule has 1 aliphatic rings. The number of hydrogen-bond acceptors (Lipinski definition) is 5. The van der Waals surface area contributed by atoms with Gasteiger partial charge in [-0.3, -0.25) is 4.79 Å². The Hall–Kier alpha value is -2.88. The number of amides is 1. The van der Waals surface area contributed by atoms with E-state index in [9.17, 15) is 10.1 Å². The first-order valence-electron chi connectivity index (χ1n) is 9.38. The maximum atomic E-state index is 12.4. The molecule has 6 nitrogen and oxygen atoms in total. The molecule has 1 saturated heterocycles. The van der Waals surface area contributed by atoms with Gasteiger partial charge in [-0.1, -0.05) is 30.3 Å². The van der Waals surface area contributed by atoms with Crippen molar-refractivity contribution >= 4 is 22.8 Å². The fraction of sp³-hybridized carbons (Fsp3) is 0.364. The first-order valence-corrected chi connectivity index (χ1v) is 9.38. The molecule has 6 heteroatoms. The lowest BCUT2D eigenvalue weighted by molar-refractivity contribution is -0.117. The predicted molar refractivity (Wildman–Crippen MR) is 107 cm³/mol. The van der Waals surface area contributed by atoms with Crippen LogP contribution in [0, 0.1) is 11.3 Å². The number of benzene rings is 2. The summed E-state index contributed by atoms with van der Waals surface area (Å²) >= 11 is 0. The first-order chi connectivity index (χ1) is 13.7. The van der Waals surface area contributed by atoms with E-state index in [1.54, 1.807) is 13.2 Å². The minimum atomic E-state index is -0.387. The van der Waals surface area contributed by atoms with Crippen LogP contribution in [0.25, 0.3) is 16.8 Å². The Morgan fingerprint density at radius 3 is 2.82 bits per heavy atom. The topological polar surface area (TPSA) is 80.6 Å². The summed E-state index contributed by atoms with van der Waals surface area (Å²) in [5, 5.41) is 14.1. The molecule has 2 aromatic carbocycles. The van der Waals surface area contributed by atoms with Crippen molar-refractivity contribution in [1.82, 2.24) is 5.32 Å². The van der Waals surface area contributed by atoms with Crippen molar-refractivity contribution in [2.75, 3.05) is 33.5 Å². The SMILES string of the molecule is COCCOc1ccc(/C=C(\C#N)C(=O)NC[C@H]2CCCO2)c2ccccc12. The van der Waals surface area contributed by atoms with Gasteiger partial charge in [-0.2, -0.15) is 5.26 Å². The third-order valence-corrected chi connectivity index (χ3v) is 4.64. The number of ether oxygens (including phenoxy) is 3. The Bertz CT molecular complexity index is 895. The van der Waals surface area contributed by atoms with Crippen LogP contribution >= 0.6 is 0 Å². The molecule has 1 atom stereocenters. The van der Waals surface area contributed by atoms with Gasteiger partial charge in [0.1, 0.15) is 24.0 Å². The van der Waals surface area contributed by atoms with Crippen LogP contribution in [0.3, 0.4) is 0 Å². The third-order valence-electron chi connectivity index (χ3n) is 4.64. The average molecular weight is 380 g/mol. The van der Waals surface area contributed by atoms with Crippen molar-refractivity contribution in [3.8, 4) is 11.8 Å². The minimum Gasteiger partial charge on any atom is -0.491 e. The zero-order chi connectivity index (χ0) is 19.8. The molecular formula is C22H24N2O4. The highest BCUT2D eigenvalue weighted by Gasteiger charge is 2.18. The van der Waals surface area contributed by atoms with Crippen molar-refractivity contribution in [2.24, 2.45) is 0 Å². The van der Waals surface area contributed by atoms with Crippen molar-refractivity contribution in [1.29, 1.82) is 5.26 Å². The summed E-state index contributed by atoms with van der Waals surface area (Å²) in [5.41, 5.74) is 0.856. The van der Waals surface area contributed by atoms with Gasteiger partial charge >= 0.3 is 0 Å². The van der Waals surface area contributed by atoms with Crippen LogP contribution in [-0.2, 0) is 14.3 Å². The van der Waals surface area contributed by atoms with Gasteiger partial charge in [0.15, 0.2) is 0 Å². The Morgan fingerprint density at radius 2 is 2.11 bits per heavy atom. The van der Waals surface area contributed by atoms with Gasteiger partial charge in [-0.05, 0) is 35.9 Å². The number of nitrogens with zero attached hydrogens (tertiary/aromatic N) is 1. The molecule has 2 aromatic rings. The summed E-state index contributed by atoms with van der Waals surface area (Å²) in [7, 11) is 1.63. The van der Waals surface area contributed by atoms with Crippen LogP contribution in [0.15, 0.2) is 42.0 Å². The lowest BCUT2D eigenvalue weighted by Gasteiger charge is -2.12. The number of carbonyl (C=O) groups is 1. The lowest BCUT2D eigenvalue weighted by atomic mass is 10.0. The van der Waals surface area contributed by atoms with E-state index in [0.29, 0.717) is 19.8 Å². The van der Waals surface area contributed by atoms with Crippen LogP contribution < -0.4 is 10.1 Å². The molecule has 0 bridgehead atoms. The molecule has 28 heavy (non-hydrogen) atoms. The summed E-state index contributed by atoms with van der Waals surface area (Å²) < 4.78 is 16.3. The Balaban J connectivity index is 1.81. The largest absolute Gasteiger partial charge is 0.491 e. The van der Waals surface area contributed by atoms with Gasteiger partial charge < -0.3 is 19.5 Å².